The van der Waals surface area contributed by atoms with Gasteiger partial charge in [0.2, 0.25) is 12.3 Å². The number of imide groups is 2. The second-order valence-corrected chi connectivity index (χ2v) is 3.63. The van der Waals surface area contributed by atoms with Gasteiger partial charge in [-0.1, -0.05) is 6.92 Å². The minimum Gasteiger partial charge on any atom is -0.472 e. The molecular formula is C13H10N2O8. The van der Waals surface area contributed by atoms with Crippen molar-refractivity contribution in [3.63, 3.8) is 0 Å². The lowest BCUT2D eigenvalue weighted by Crippen LogP contribution is -2.51. The molecule has 0 saturated heterocycles. The normalized spacial score (nSPS) is 8.39. The quantitative estimate of drug-likeness (QED) is 0.352. The van der Waals surface area contributed by atoms with Crippen LogP contribution in [0.5, 0.6) is 0 Å². The average Bonchev–Trinajstić information content (AvgIpc) is 2.47. The monoisotopic (exact) mass is 322 g/mol. The minimum atomic E-state index is -1.67. The molecular weight excluding hydrogens is 312 g/mol. The van der Waals surface area contributed by atoms with E-state index in [-0.39, 0.29) is 29.3 Å². The predicted octanol–water partition coefficient (Wildman–Crippen LogP) is -1.78. The molecule has 4 amide bonds. The Morgan fingerprint density at radius 2 is 1.39 bits per heavy atom. The van der Waals surface area contributed by atoms with Gasteiger partial charge < -0.3 is 10.2 Å². The molecule has 2 N–H and O–H groups in total. The number of hydrazine groups is 1. The van der Waals surface area contributed by atoms with Gasteiger partial charge >= 0.3 is 23.8 Å². The highest BCUT2D eigenvalue weighted by Crippen LogP contribution is 2.03. The third-order valence-corrected chi connectivity index (χ3v) is 1.97. The fraction of sp³-hybridized carbons (Fsp3) is 0.231. The molecule has 0 aromatic carbocycles. The molecule has 0 bridgehead atoms. The summed E-state index contributed by atoms with van der Waals surface area (Å²) < 4.78 is 0. The lowest BCUT2D eigenvalue weighted by atomic mass is 10.3. The van der Waals surface area contributed by atoms with Gasteiger partial charge in [0.25, 0.3) is 0 Å². The van der Waals surface area contributed by atoms with Crippen molar-refractivity contribution in [2.75, 3.05) is 0 Å². The molecule has 0 saturated carbocycles. The third kappa shape index (κ3) is 6.55. The van der Waals surface area contributed by atoms with E-state index in [0.29, 0.717) is 0 Å². The summed E-state index contributed by atoms with van der Waals surface area (Å²) in [6, 6.07) is 0. The van der Waals surface area contributed by atoms with Crippen LogP contribution in [0, 0.1) is 23.7 Å². The van der Waals surface area contributed by atoms with Gasteiger partial charge in [-0.3, -0.25) is 19.2 Å². The van der Waals surface area contributed by atoms with E-state index in [1.54, 1.807) is 12.8 Å². The molecule has 10 nitrogen and oxygen atoms in total. The lowest BCUT2D eigenvalue weighted by Gasteiger charge is -2.24. The third-order valence-electron chi connectivity index (χ3n) is 1.97. The molecule has 0 spiro atoms. The smallest absolute Gasteiger partial charge is 0.382 e. The van der Waals surface area contributed by atoms with Crippen LogP contribution in [-0.4, -0.2) is 56.3 Å². The fourth-order valence-corrected chi connectivity index (χ4v) is 1.16. The maximum Gasteiger partial charge on any atom is 0.382 e. The average molecular weight is 322 g/mol. The maximum absolute atomic E-state index is 11.8. The summed E-state index contributed by atoms with van der Waals surface area (Å²) in [5.41, 5.74) is 0. The number of carbonyl (C=O) groups is 6. The van der Waals surface area contributed by atoms with Crippen molar-refractivity contribution in [2.24, 2.45) is 0 Å². The highest BCUT2D eigenvalue weighted by Gasteiger charge is 2.30. The van der Waals surface area contributed by atoms with Gasteiger partial charge in [-0.05, 0) is 6.42 Å². The van der Waals surface area contributed by atoms with Crippen LogP contribution in [0.4, 0.5) is 0 Å². The van der Waals surface area contributed by atoms with E-state index in [4.69, 9.17) is 10.2 Å². The van der Waals surface area contributed by atoms with Crippen LogP contribution in [0.25, 0.3) is 0 Å². The van der Waals surface area contributed by atoms with E-state index in [1.165, 1.54) is 17.8 Å². The molecule has 0 aromatic heterocycles. The molecule has 0 atom stereocenters. The molecule has 0 heterocycles. The van der Waals surface area contributed by atoms with E-state index in [0.717, 1.165) is 0 Å². The summed E-state index contributed by atoms with van der Waals surface area (Å²) in [7, 11) is 0. The maximum atomic E-state index is 11.8. The van der Waals surface area contributed by atoms with E-state index >= 15 is 0 Å². The van der Waals surface area contributed by atoms with E-state index in [9.17, 15) is 28.8 Å². The Morgan fingerprint density at radius 3 is 1.78 bits per heavy atom. The molecule has 0 unspecified atom stereocenters. The second-order valence-electron chi connectivity index (χ2n) is 3.63. The van der Waals surface area contributed by atoms with Crippen LogP contribution in [0.3, 0.4) is 0 Å². The summed E-state index contributed by atoms with van der Waals surface area (Å²) in [5, 5.41) is 16.6. The van der Waals surface area contributed by atoms with Crippen molar-refractivity contribution in [3.05, 3.63) is 0 Å². The number of aliphatic carboxylic acids is 2. The van der Waals surface area contributed by atoms with Crippen LogP contribution in [0.2, 0.25) is 0 Å². The zero-order valence-electron chi connectivity index (χ0n) is 11.7. The van der Waals surface area contributed by atoms with Crippen molar-refractivity contribution in [3.8, 4) is 23.7 Å². The summed E-state index contributed by atoms with van der Waals surface area (Å²) in [6.07, 6.45) is -0.256. The molecule has 0 rings (SSSR count). The molecule has 0 aliphatic rings. The van der Waals surface area contributed by atoms with E-state index < -0.39 is 29.7 Å². The topological polar surface area (TPSA) is 149 Å². The van der Waals surface area contributed by atoms with Crippen molar-refractivity contribution < 1.29 is 39.0 Å². The van der Waals surface area contributed by atoms with Gasteiger partial charge in [-0.2, -0.15) is 10.0 Å². The fourth-order valence-electron chi connectivity index (χ4n) is 1.16. The first-order chi connectivity index (χ1) is 10.7. The van der Waals surface area contributed by atoms with Crippen molar-refractivity contribution in [2.45, 2.75) is 19.8 Å². The van der Waals surface area contributed by atoms with Crippen LogP contribution >= 0.6 is 0 Å². The molecule has 0 fully saturated rings. The Labute approximate surface area is 129 Å². The largest absolute Gasteiger partial charge is 0.472 e. The van der Waals surface area contributed by atoms with Crippen LogP contribution in [-0.2, 0) is 28.8 Å². The predicted molar refractivity (Wildman–Crippen MR) is 70.5 cm³/mol. The summed E-state index contributed by atoms with van der Waals surface area (Å²) in [5.74, 6) is -1.37. The molecule has 0 radical (unpaired) electrons. The van der Waals surface area contributed by atoms with Gasteiger partial charge in [0.05, 0.1) is 0 Å². The Bertz CT molecular complexity index is 674. The zero-order chi connectivity index (χ0) is 18.0. The molecule has 23 heavy (non-hydrogen) atoms. The first kappa shape index (κ1) is 19.3. The van der Waals surface area contributed by atoms with Crippen molar-refractivity contribution in [1.82, 2.24) is 10.0 Å². The van der Waals surface area contributed by atoms with Gasteiger partial charge in [-0.15, -0.1) is 0 Å². The SMILES string of the molecule is CCCC(=O)N(C(=O)C#CC(=O)O)N(C=O)C(=O)C#CC(=O)O. The number of carboxylic acids is 2. The molecule has 0 aromatic rings. The van der Waals surface area contributed by atoms with Crippen molar-refractivity contribution >= 4 is 36.1 Å². The summed E-state index contributed by atoms with van der Waals surface area (Å²) in [4.78, 5) is 66.8. The molecule has 0 aliphatic heterocycles. The standard InChI is InChI=1S/C13H10N2O8/c1-2-3-10(18)15(11(19)5-7-13(22)23)14(8-16)9(17)4-6-12(20)21/h8H,2-3H2,1H3,(H,20,21)(H,22,23). The number of hydrogen-bond acceptors (Lipinski definition) is 6. The van der Waals surface area contributed by atoms with Gasteiger partial charge in [0.15, 0.2) is 0 Å². The molecule has 120 valence electrons. The molecule has 0 aliphatic carbocycles. The molecule has 10 heteroatoms. The highest BCUT2D eigenvalue weighted by molar-refractivity contribution is 6.12. The summed E-state index contributed by atoms with van der Waals surface area (Å²) >= 11 is 0. The zero-order valence-corrected chi connectivity index (χ0v) is 11.7. The number of carboxylic acid groups (broad SMARTS) is 2. The first-order valence-corrected chi connectivity index (χ1v) is 5.89. The highest BCUT2D eigenvalue weighted by atomic mass is 16.4. The Morgan fingerprint density at radius 1 is 0.913 bits per heavy atom. The van der Waals surface area contributed by atoms with Crippen LogP contribution in [0.15, 0.2) is 0 Å². The number of nitrogens with zero attached hydrogens (tertiary/aromatic N) is 2. The van der Waals surface area contributed by atoms with E-state index in [1.807, 2.05) is 0 Å². The number of amides is 4. The van der Waals surface area contributed by atoms with Gasteiger partial charge in [0.1, 0.15) is 0 Å². The van der Waals surface area contributed by atoms with Crippen molar-refractivity contribution in [1.29, 1.82) is 0 Å². The summed E-state index contributed by atoms with van der Waals surface area (Å²) in [6.45, 7) is 1.57. The second kappa shape index (κ2) is 9.31. The van der Waals surface area contributed by atoms with Crippen LogP contribution in [0.1, 0.15) is 19.8 Å². The minimum absolute atomic E-state index is 0.00526. The first-order valence-electron chi connectivity index (χ1n) is 5.89. The Kier molecular flexibility index (Phi) is 7.83. The van der Waals surface area contributed by atoms with Gasteiger partial charge in [-0.25, -0.2) is 9.59 Å². The van der Waals surface area contributed by atoms with E-state index in [2.05, 4.69) is 0 Å². The Balaban J connectivity index is 5.73. The lowest BCUT2D eigenvalue weighted by molar-refractivity contribution is -0.170. The number of carbonyl (C=O) groups excluding carboxylic acids is 4. The Hall–Kier alpha value is -3.66. The number of rotatable bonds is 3. The number of hydrogen-bond donors (Lipinski definition) is 2. The van der Waals surface area contributed by atoms with Gasteiger partial charge in [0, 0.05) is 30.1 Å². The van der Waals surface area contributed by atoms with Crippen LogP contribution < -0.4 is 0 Å².